The van der Waals surface area contributed by atoms with Crippen molar-refractivity contribution in [3.8, 4) is 35.8 Å². The zero-order chi connectivity index (χ0) is 26.5. The molecule has 6 heteroatoms. The van der Waals surface area contributed by atoms with Crippen molar-refractivity contribution in [2.45, 2.75) is 83.2 Å². The Kier molecular flexibility index (Phi) is 11.9. The summed E-state index contributed by atoms with van der Waals surface area (Å²) < 4.78 is 24.9. The number of nitriles is 2. The van der Waals surface area contributed by atoms with E-state index in [-0.39, 0.29) is 35.6 Å². The minimum Gasteiger partial charge on any atom is -0.502 e. The number of halogens is 1. The molecule has 5 nitrogen and oxygen atoms in total. The summed E-state index contributed by atoms with van der Waals surface area (Å²) in [6, 6.07) is 4.43. The van der Waals surface area contributed by atoms with Crippen LogP contribution in [0.4, 0.5) is 4.39 Å². The summed E-state index contributed by atoms with van der Waals surface area (Å²) in [5.74, 6) is 12.9. The van der Waals surface area contributed by atoms with Crippen LogP contribution < -0.4 is 0 Å². The maximum Gasteiger partial charge on any atom is 0.310 e. The molecule has 0 radical (unpaired) electrons. The number of carbonyl (C=O) groups excluding carboxylic acids is 1. The maximum absolute atomic E-state index is 14.2. The Hall–Kier alpha value is -2.96. The summed E-state index contributed by atoms with van der Waals surface area (Å²) in [5.41, 5.74) is 0. The Bertz CT molecular complexity index is 967. The van der Waals surface area contributed by atoms with Gasteiger partial charge in [-0.25, -0.2) is 4.39 Å². The number of carbonyl (C=O) groups is 1. The second-order valence-electron chi connectivity index (χ2n) is 10.7. The first-order chi connectivity index (χ1) is 18.0. The predicted octanol–water partition coefficient (Wildman–Crippen LogP) is 6.12. The van der Waals surface area contributed by atoms with Gasteiger partial charge >= 0.3 is 5.97 Å². The molecule has 0 aromatic carbocycles. The van der Waals surface area contributed by atoms with Crippen LogP contribution in [0.15, 0.2) is 12.8 Å². The fourth-order valence-electron chi connectivity index (χ4n) is 5.60. The van der Waals surface area contributed by atoms with Crippen molar-refractivity contribution in [2.24, 2.45) is 41.4 Å². The number of hydrogen-bond donors (Lipinski definition) is 0. The van der Waals surface area contributed by atoms with E-state index >= 15 is 0 Å². The van der Waals surface area contributed by atoms with E-state index in [2.05, 4.69) is 42.4 Å². The molecule has 3 aliphatic carbocycles. The quantitative estimate of drug-likeness (QED) is 0.180. The molecule has 3 saturated carbocycles. The highest BCUT2D eigenvalue weighted by Crippen LogP contribution is 2.36. The highest BCUT2D eigenvalue weighted by Gasteiger charge is 2.36. The fourth-order valence-corrected chi connectivity index (χ4v) is 5.60. The third-order valence-corrected chi connectivity index (χ3v) is 7.98. The normalized spacial score (nSPS) is 33.2. The van der Waals surface area contributed by atoms with Crippen molar-refractivity contribution in [1.29, 1.82) is 10.5 Å². The van der Waals surface area contributed by atoms with E-state index in [1.165, 1.54) is 6.26 Å². The van der Waals surface area contributed by atoms with Gasteiger partial charge in [-0.15, -0.1) is 0 Å². The Balaban J connectivity index is 1.60. The van der Waals surface area contributed by atoms with Crippen LogP contribution in [-0.4, -0.2) is 25.4 Å². The van der Waals surface area contributed by atoms with Crippen LogP contribution in [-0.2, 0) is 14.3 Å². The van der Waals surface area contributed by atoms with E-state index in [1.807, 2.05) is 0 Å². The molecule has 0 aliphatic heterocycles. The number of rotatable bonds is 7. The first-order valence-corrected chi connectivity index (χ1v) is 13.9. The van der Waals surface area contributed by atoms with Gasteiger partial charge in [0, 0.05) is 29.6 Å². The van der Waals surface area contributed by atoms with Crippen molar-refractivity contribution in [2.75, 3.05) is 13.2 Å². The lowest BCUT2D eigenvalue weighted by Gasteiger charge is -2.30. The van der Waals surface area contributed by atoms with Gasteiger partial charge in [-0.1, -0.05) is 30.3 Å². The van der Waals surface area contributed by atoms with Gasteiger partial charge in [0.25, 0.3) is 0 Å². The minimum absolute atomic E-state index is 0.0242. The van der Waals surface area contributed by atoms with E-state index in [0.717, 1.165) is 57.8 Å². The Morgan fingerprint density at radius 1 is 0.784 bits per heavy atom. The summed E-state index contributed by atoms with van der Waals surface area (Å²) in [5, 5.41) is 18.2. The zero-order valence-corrected chi connectivity index (χ0v) is 21.8. The number of esters is 1. The number of unbranched alkanes of at least 4 members (excludes halogenated alkanes) is 1. The topological polar surface area (TPSA) is 83.1 Å². The van der Waals surface area contributed by atoms with Crippen LogP contribution in [0.5, 0.6) is 0 Å². The summed E-state index contributed by atoms with van der Waals surface area (Å²) in [7, 11) is 0. The Morgan fingerprint density at radius 2 is 1.38 bits per heavy atom. The third-order valence-electron chi connectivity index (χ3n) is 7.98. The number of alkyl halides is 1. The van der Waals surface area contributed by atoms with Crippen LogP contribution in [0.1, 0.15) is 77.0 Å². The van der Waals surface area contributed by atoms with Crippen LogP contribution in [0.2, 0.25) is 0 Å². The number of hydrogen-bond acceptors (Lipinski definition) is 5. The van der Waals surface area contributed by atoms with Gasteiger partial charge in [0.1, 0.15) is 6.17 Å². The molecule has 6 unspecified atom stereocenters. The smallest absolute Gasteiger partial charge is 0.310 e. The van der Waals surface area contributed by atoms with Gasteiger partial charge in [0.2, 0.25) is 0 Å². The lowest BCUT2D eigenvalue weighted by Crippen LogP contribution is -2.32. The van der Waals surface area contributed by atoms with Crippen LogP contribution in [0.3, 0.4) is 0 Å². The molecule has 3 fully saturated rings. The van der Waals surface area contributed by atoms with Crippen LogP contribution >= 0.6 is 0 Å². The van der Waals surface area contributed by atoms with Gasteiger partial charge in [-0.05, 0) is 77.0 Å². The lowest BCUT2D eigenvalue weighted by molar-refractivity contribution is -0.151. The predicted molar refractivity (Wildman–Crippen MR) is 139 cm³/mol. The van der Waals surface area contributed by atoms with Crippen molar-refractivity contribution < 1.29 is 18.7 Å². The average Bonchev–Trinajstić information content (AvgIpc) is 2.93. The molecule has 198 valence electrons. The van der Waals surface area contributed by atoms with E-state index in [1.54, 1.807) is 0 Å². The lowest BCUT2D eigenvalue weighted by atomic mass is 9.73. The molecule has 3 aliphatic rings. The Morgan fingerprint density at radius 3 is 2.03 bits per heavy atom. The van der Waals surface area contributed by atoms with E-state index in [4.69, 9.17) is 20.0 Å². The molecule has 0 bridgehead atoms. The maximum atomic E-state index is 14.2. The molecule has 0 heterocycles. The van der Waals surface area contributed by atoms with Crippen LogP contribution in [0.25, 0.3) is 0 Å². The van der Waals surface area contributed by atoms with Crippen molar-refractivity contribution in [1.82, 2.24) is 0 Å². The monoisotopic (exact) mass is 506 g/mol. The highest BCUT2D eigenvalue weighted by atomic mass is 19.1. The average molecular weight is 507 g/mol. The van der Waals surface area contributed by atoms with E-state index < -0.39 is 12.1 Å². The van der Waals surface area contributed by atoms with Gasteiger partial charge in [0.05, 0.1) is 43.5 Å². The first kappa shape index (κ1) is 28.6. The second-order valence-corrected chi connectivity index (χ2v) is 10.7. The van der Waals surface area contributed by atoms with Crippen molar-refractivity contribution >= 4 is 5.97 Å². The molecule has 0 spiro atoms. The summed E-state index contributed by atoms with van der Waals surface area (Å²) >= 11 is 0. The first-order valence-electron chi connectivity index (χ1n) is 13.9. The molecule has 0 saturated heterocycles. The van der Waals surface area contributed by atoms with Crippen LogP contribution in [0, 0.1) is 87.8 Å². The fraction of sp³-hybridized carbons (Fsp3) is 0.710. The molecule has 6 atom stereocenters. The van der Waals surface area contributed by atoms with Gasteiger partial charge in [-0.2, -0.15) is 10.5 Å². The summed E-state index contributed by atoms with van der Waals surface area (Å²) in [6.45, 7) is 4.43. The van der Waals surface area contributed by atoms with Gasteiger partial charge in [-0.3, -0.25) is 4.79 Å². The molecule has 0 N–H and O–H groups in total. The third kappa shape index (κ3) is 9.13. The van der Waals surface area contributed by atoms with Gasteiger partial charge in [0.15, 0.2) is 0 Å². The Labute approximate surface area is 221 Å². The molecule has 0 amide bonds. The highest BCUT2D eigenvalue weighted by molar-refractivity contribution is 5.73. The largest absolute Gasteiger partial charge is 0.502 e. The molecular weight excluding hydrogens is 467 g/mol. The number of ether oxygens (including phenoxy) is 2. The van der Waals surface area contributed by atoms with Crippen molar-refractivity contribution in [3.05, 3.63) is 12.8 Å². The van der Waals surface area contributed by atoms with Gasteiger partial charge < -0.3 is 9.47 Å². The molecule has 3 rings (SSSR count). The minimum atomic E-state index is -1.10. The van der Waals surface area contributed by atoms with Crippen molar-refractivity contribution in [3.63, 3.8) is 0 Å². The second kappa shape index (κ2) is 15.3. The summed E-state index contributed by atoms with van der Waals surface area (Å²) in [4.78, 5) is 13.1. The zero-order valence-electron chi connectivity index (χ0n) is 21.8. The standard InChI is InChI=1S/C31H39FN2O3/c1-2-36-17-3-4-18-37-31(35)29-19-24(7-8-25-13-16-28(22-34)30(32)20-25)12-15-27(29)14-11-23-5-9-26(21-33)10-6-23/h2,23-30H,1,3-6,9-10,12-13,15-20H2. The summed E-state index contributed by atoms with van der Waals surface area (Å²) in [6.07, 6.45) is 9.40. The molecule has 0 aromatic heterocycles. The number of nitrogens with zero attached hydrogens (tertiary/aromatic N) is 2. The van der Waals surface area contributed by atoms with E-state index in [9.17, 15) is 9.18 Å². The molecule has 0 aromatic rings. The van der Waals surface area contributed by atoms with E-state index in [0.29, 0.717) is 38.4 Å². The molecule has 37 heavy (non-hydrogen) atoms. The SMILES string of the molecule is C=COCCCCOC(=O)C1CC(C#CC2CCC(C#N)C(F)C2)CCC1C#CC1CCC(C#N)CC1. The molecular formula is C31H39FN2O3.